The standard InChI is InChI=1S/3C27H24F3N3O3/c3*28-27(29,30)21-23(33-35-24(21)15-4-2-1-3-5-15)25-20-9-7-17-12-16(6-8-19(17)22(20)32-36-25)18-10-11-26(31,13-18)14-34/h3*1-6,8,12,18,34H,7,9-11,13-14,31H2/t2*18-,26+;18-,26-/m100/s1. The van der Waals surface area contributed by atoms with Crippen LogP contribution in [-0.2, 0) is 57.1 Å². The van der Waals surface area contributed by atoms with Crippen molar-refractivity contribution in [3.63, 3.8) is 0 Å². The Morgan fingerprint density at radius 2 is 0.583 bits per heavy atom. The average molecular weight is 1490 g/mol. The van der Waals surface area contributed by atoms with Crippen molar-refractivity contribution in [3.8, 4) is 102 Å². The molecule has 0 saturated heterocycles. The maximum atomic E-state index is 14.2. The summed E-state index contributed by atoms with van der Waals surface area (Å²) < 4.78 is 160. The van der Waals surface area contributed by atoms with Crippen LogP contribution in [0.3, 0.4) is 0 Å². The van der Waals surface area contributed by atoms with Gasteiger partial charge in [0.15, 0.2) is 51.6 Å². The molecule has 0 aliphatic heterocycles. The van der Waals surface area contributed by atoms with Gasteiger partial charge in [-0.15, -0.1) is 0 Å². The first kappa shape index (κ1) is 71.9. The monoisotopic (exact) mass is 1490 g/mol. The molecule has 6 heterocycles. The van der Waals surface area contributed by atoms with E-state index in [9.17, 15) is 54.8 Å². The van der Waals surface area contributed by atoms with Gasteiger partial charge in [0.05, 0.1) is 19.8 Å². The molecule has 12 aromatic rings. The minimum Gasteiger partial charge on any atom is -0.394 e. The summed E-state index contributed by atoms with van der Waals surface area (Å²) in [4.78, 5) is 0. The molecule has 558 valence electrons. The molecule has 3 fully saturated rings. The molecular weight excluding hydrogens is 1410 g/mol. The SMILES string of the molecule is N[C@@]1(CO)CC[C@@H](c2ccc3c(c2)CCc2c-3noc2-c2noc(-c3ccccc3)c2C(F)(F)F)C1.N[C@@]1(CO)CC[C@H](c2ccc3c(c2)CCc2c-3noc2-c2noc(-c3ccccc3)c2C(F)(F)F)C1.N[C@]1(CO)CC[C@H](c2ccc3c(c2)CCc2c-3noc2-c2noc(-c3ccccc3)c2C(F)(F)F)C1. The lowest BCUT2D eigenvalue weighted by molar-refractivity contribution is -0.137. The predicted molar refractivity (Wildman–Crippen MR) is 378 cm³/mol. The Hall–Kier alpha value is -10.3. The molecule has 9 N–H and O–H groups in total. The minimum absolute atomic E-state index is 0.00960. The molecule has 18 nitrogen and oxygen atoms in total. The van der Waals surface area contributed by atoms with Gasteiger partial charge in [0.2, 0.25) is 0 Å². The van der Waals surface area contributed by atoms with E-state index in [0.717, 1.165) is 108 Å². The van der Waals surface area contributed by atoms with Crippen LogP contribution < -0.4 is 17.2 Å². The number of nitrogens with zero attached hydrogens (tertiary/aromatic N) is 6. The van der Waals surface area contributed by atoms with Crippen molar-refractivity contribution in [2.24, 2.45) is 17.2 Å². The van der Waals surface area contributed by atoms with E-state index in [1.807, 2.05) is 36.4 Å². The van der Waals surface area contributed by atoms with E-state index in [4.69, 9.17) is 44.3 Å². The third kappa shape index (κ3) is 13.3. The Kier molecular flexibility index (Phi) is 18.5. The molecule has 18 rings (SSSR count). The van der Waals surface area contributed by atoms with Crippen LogP contribution in [0.1, 0.15) is 142 Å². The van der Waals surface area contributed by atoms with Gasteiger partial charge in [-0.1, -0.05) is 177 Å². The molecule has 0 bridgehead atoms. The van der Waals surface area contributed by atoms with Gasteiger partial charge in [0.1, 0.15) is 33.8 Å². The summed E-state index contributed by atoms with van der Waals surface area (Å²) >= 11 is 0. The Bertz CT molecular complexity index is 4800. The second-order valence-corrected chi connectivity index (χ2v) is 29.4. The van der Waals surface area contributed by atoms with E-state index in [1.165, 1.54) is 0 Å². The molecule has 3 saturated carbocycles. The Balaban J connectivity index is 0.000000124. The Morgan fingerprint density at radius 3 is 0.824 bits per heavy atom. The fourth-order valence-electron chi connectivity index (χ4n) is 16.7. The molecule has 6 aliphatic rings. The first-order chi connectivity index (χ1) is 51.8. The van der Waals surface area contributed by atoms with Gasteiger partial charge in [-0.2, -0.15) is 39.5 Å². The van der Waals surface area contributed by atoms with E-state index in [-0.39, 0.29) is 106 Å². The number of halogens is 9. The van der Waals surface area contributed by atoms with Crippen molar-refractivity contribution >= 4 is 0 Å². The first-order valence-corrected chi connectivity index (χ1v) is 35.7. The number of fused-ring (bicyclic) bond motifs is 9. The van der Waals surface area contributed by atoms with E-state index in [1.54, 1.807) is 91.0 Å². The van der Waals surface area contributed by atoms with Crippen LogP contribution in [0.4, 0.5) is 39.5 Å². The molecular formula is C81H72F9N9O9. The number of rotatable bonds is 12. The summed E-state index contributed by atoms with van der Waals surface area (Å²) in [7, 11) is 0. The fourth-order valence-corrected chi connectivity index (χ4v) is 16.7. The molecule has 6 aliphatic carbocycles. The molecule has 6 aromatic heterocycles. The van der Waals surface area contributed by atoms with Gasteiger partial charge in [-0.25, -0.2) is 0 Å². The highest BCUT2D eigenvalue weighted by molar-refractivity contribution is 5.83. The molecule has 27 heteroatoms. The number of aliphatic hydroxyl groups is 3. The highest BCUT2D eigenvalue weighted by atomic mass is 19.4. The molecule has 108 heavy (non-hydrogen) atoms. The largest absolute Gasteiger partial charge is 0.422 e. The number of nitrogens with two attached hydrogens (primary N) is 3. The van der Waals surface area contributed by atoms with Gasteiger partial charge in [-0.3, -0.25) is 0 Å². The minimum atomic E-state index is -4.70. The third-order valence-corrected chi connectivity index (χ3v) is 22.4. The summed E-state index contributed by atoms with van der Waals surface area (Å²) in [6.07, 6.45) is -3.59. The lowest BCUT2D eigenvalue weighted by atomic mass is 9.84. The van der Waals surface area contributed by atoms with Crippen LogP contribution in [0.25, 0.3) is 102 Å². The number of alkyl halides is 9. The highest BCUT2D eigenvalue weighted by Gasteiger charge is 2.48. The van der Waals surface area contributed by atoms with Crippen LogP contribution in [0.2, 0.25) is 0 Å². The number of aryl methyl sites for hydroxylation is 3. The Labute approximate surface area is 611 Å². The van der Waals surface area contributed by atoms with Crippen molar-refractivity contribution in [1.82, 2.24) is 30.9 Å². The summed E-state index contributed by atoms with van der Waals surface area (Å²) in [5, 5.41) is 52.7. The van der Waals surface area contributed by atoms with Crippen molar-refractivity contribution in [2.45, 2.75) is 149 Å². The van der Waals surface area contributed by atoms with E-state index in [0.29, 0.717) is 72.3 Å². The molecule has 0 radical (unpaired) electrons. The van der Waals surface area contributed by atoms with Crippen LogP contribution >= 0.6 is 0 Å². The summed E-state index contributed by atoms with van der Waals surface area (Å²) in [5.74, 6) is -0.273. The summed E-state index contributed by atoms with van der Waals surface area (Å²) in [6, 6.07) is 42.6. The third-order valence-electron chi connectivity index (χ3n) is 22.4. The average Bonchev–Trinajstić information content (AvgIpc) is 1.59. The quantitative estimate of drug-likeness (QED) is 0.0620. The number of aliphatic hydroxyl groups excluding tert-OH is 3. The zero-order chi connectivity index (χ0) is 75.2. The summed E-state index contributed by atoms with van der Waals surface area (Å²) in [5.41, 5.74) is 26.5. The van der Waals surface area contributed by atoms with Crippen LogP contribution in [0.15, 0.2) is 173 Å². The molecule has 6 atom stereocenters. The van der Waals surface area contributed by atoms with Gasteiger partial charge >= 0.3 is 18.5 Å². The molecule has 0 spiro atoms. The smallest absolute Gasteiger partial charge is 0.394 e. The van der Waals surface area contributed by atoms with Gasteiger partial charge in [0.25, 0.3) is 0 Å². The van der Waals surface area contributed by atoms with Crippen molar-refractivity contribution in [1.29, 1.82) is 0 Å². The number of hydrogen-bond donors (Lipinski definition) is 6. The van der Waals surface area contributed by atoms with Gasteiger partial charge in [-0.05, 0) is 147 Å². The maximum Gasteiger partial charge on any atom is 0.422 e. The fraction of sp³-hybridized carbons (Fsp3) is 0.333. The molecule has 0 unspecified atom stereocenters. The van der Waals surface area contributed by atoms with Gasteiger partial charge in [0, 0.05) is 66.7 Å². The Morgan fingerprint density at radius 1 is 0.333 bits per heavy atom. The lowest BCUT2D eigenvalue weighted by Crippen LogP contribution is -2.40. The van der Waals surface area contributed by atoms with E-state index in [2.05, 4.69) is 49.1 Å². The normalized spacial score (nSPS) is 21.4. The van der Waals surface area contributed by atoms with Gasteiger partial charge < -0.3 is 59.7 Å². The highest BCUT2D eigenvalue weighted by Crippen LogP contribution is 2.53. The van der Waals surface area contributed by atoms with E-state index < -0.39 is 51.8 Å². The van der Waals surface area contributed by atoms with Crippen LogP contribution in [0.5, 0.6) is 0 Å². The van der Waals surface area contributed by atoms with Crippen molar-refractivity contribution < 1.29 is 82.0 Å². The molecule has 0 amide bonds. The topological polar surface area (TPSA) is 295 Å². The van der Waals surface area contributed by atoms with Crippen LogP contribution in [0, 0.1) is 0 Å². The summed E-state index contributed by atoms with van der Waals surface area (Å²) in [6.45, 7) is -0.103. The number of benzene rings is 6. The lowest BCUT2D eigenvalue weighted by Gasteiger charge is -2.22. The second-order valence-electron chi connectivity index (χ2n) is 29.4. The van der Waals surface area contributed by atoms with Crippen molar-refractivity contribution in [3.05, 3.63) is 212 Å². The second kappa shape index (κ2) is 27.7. The zero-order valence-electron chi connectivity index (χ0n) is 57.9. The predicted octanol–water partition coefficient (Wildman–Crippen LogP) is 17.2. The maximum absolute atomic E-state index is 14.2. The van der Waals surface area contributed by atoms with Crippen molar-refractivity contribution in [2.75, 3.05) is 19.8 Å². The van der Waals surface area contributed by atoms with Crippen LogP contribution in [-0.4, -0.2) is 82.7 Å². The van der Waals surface area contributed by atoms with E-state index >= 15 is 0 Å². The zero-order valence-corrected chi connectivity index (χ0v) is 57.9. The molecule has 6 aromatic carbocycles. The first-order valence-electron chi connectivity index (χ1n) is 35.7. The number of aromatic nitrogens is 6. The number of hydrogen-bond acceptors (Lipinski definition) is 18.